The van der Waals surface area contributed by atoms with Crippen LogP contribution in [0.2, 0.25) is 0 Å². The fourth-order valence-corrected chi connectivity index (χ4v) is 13.5. The second-order valence-electron chi connectivity index (χ2n) is 21.4. The van der Waals surface area contributed by atoms with Gasteiger partial charge >= 0.3 is 11.9 Å². The summed E-state index contributed by atoms with van der Waals surface area (Å²) in [7, 11) is 0. The topological polar surface area (TPSA) is 112 Å². The van der Waals surface area contributed by atoms with Crippen LogP contribution in [-0.4, -0.2) is 73.5 Å². The molecule has 6 aliphatic carbocycles. The Morgan fingerprint density at radius 1 is 0.596 bits per heavy atom. The Morgan fingerprint density at radius 3 is 1.47 bits per heavy atom. The van der Waals surface area contributed by atoms with Gasteiger partial charge in [0.15, 0.2) is 0 Å². The average Bonchev–Trinajstić information content (AvgIpc) is 3.17. The number of allylic oxidation sites excluding steroid dienone is 4. The van der Waals surface area contributed by atoms with Crippen molar-refractivity contribution in [2.45, 2.75) is 183 Å². The van der Waals surface area contributed by atoms with Crippen molar-refractivity contribution in [2.75, 3.05) is 33.0 Å². The Morgan fingerprint density at radius 2 is 1.04 bits per heavy atom. The standard InChI is InChI=1S/C49H80O8/c1-31(2)34-12-16-40-36(24-34)14-18-42-46(40,6)20-10-22-48(42,8)44(52)56-29-38(50)27-54-26-33(5)55-28-39(51)30-57-45(53)49(9)23-11-21-47(7)41-17-13-35(32(3)4)25-37(41)15-19-43(47)49/h31-35,38-39,42-43,50-51H,10-30H2,1-9H3. The summed E-state index contributed by atoms with van der Waals surface area (Å²) in [5.41, 5.74) is 5.61. The maximum atomic E-state index is 13.8. The Balaban J connectivity index is 0.897. The highest BCUT2D eigenvalue weighted by molar-refractivity contribution is 5.78. The molecule has 11 atom stereocenters. The zero-order chi connectivity index (χ0) is 41.3. The Kier molecular flexibility index (Phi) is 14.2. The van der Waals surface area contributed by atoms with E-state index in [1.165, 1.54) is 38.5 Å². The van der Waals surface area contributed by atoms with Crippen molar-refractivity contribution in [1.29, 1.82) is 0 Å². The van der Waals surface area contributed by atoms with Gasteiger partial charge in [-0.1, -0.05) is 76.7 Å². The number of hydrogen-bond acceptors (Lipinski definition) is 8. The van der Waals surface area contributed by atoms with Gasteiger partial charge in [0.2, 0.25) is 0 Å². The van der Waals surface area contributed by atoms with E-state index in [-0.39, 0.29) is 73.7 Å². The van der Waals surface area contributed by atoms with Gasteiger partial charge in [0.1, 0.15) is 25.4 Å². The van der Waals surface area contributed by atoms with E-state index in [1.54, 1.807) is 22.3 Å². The molecule has 0 aromatic carbocycles. The summed E-state index contributed by atoms with van der Waals surface area (Å²) in [6.45, 7) is 20.3. The first-order valence-corrected chi connectivity index (χ1v) is 23.2. The van der Waals surface area contributed by atoms with Crippen LogP contribution in [0, 0.1) is 57.2 Å². The average molecular weight is 797 g/mol. The maximum absolute atomic E-state index is 13.8. The molecule has 0 amide bonds. The fraction of sp³-hybridized carbons (Fsp3) is 0.878. The summed E-state index contributed by atoms with van der Waals surface area (Å²) in [6, 6.07) is 0. The first-order valence-electron chi connectivity index (χ1n) is 23.2. The van der Waals surface area contributed by atoms with E-state index >= 15 is 0 Å². The molecule has 0 aromatic rings. The first kappa shape index (κ1) is 44.8. The number of ether oxygens (including phenoxy) is 4. The van der Waals surface area contributed by atoms with Crippen LogP contribution in [0.3, 0.4) is 0 Å². The highest BCUT2D eigenvalue weighted by atomic mass is 16.6. The van der Waals surface area contributed by atoms with Crippen LogP contribution in [0.15, 0.2) is 22.3 Å². The first-order chi connectivity index (χ1) is 26.9. The van der Waals surface area contributed by atoms with E-state index < -0.39 is 23.0 Å². The van der Waals surface area contributed by atoms with E-state index in [4.69, 9.17) is 18.9 Å². The quantitative estimate of drug-likeness (QED) is 0.125. The minimum Gasteiger partial charge on any atom is -0.462 e. The number of rotatable bonds is 15. The molecule has 11 unspecified atom stereocenters. The van der Waals surface area contributed by atoms with Gasteiger partial charge in [0, 0.05) is 0 Å². The third-order valence-corrected chi connectivity index (χ3v) is 17.0. The van der Waals surface area contributed by atoms with E-state index in [0.29, 0.717) is 11.8 Å². The fourth-order valence-electron chi connectivity index (χ4n) is 13.5. The van der Waals surface area contributed by atoms with Gasteiger partial charge in [-0.05, 0) is 157 Å². The van der Waals surface area contributed by atoms with Crippen LogP contribution in [0.5, 0.6) is 0 Å². The molecule has 324 valence electrons. The Bertz CT molecular complexity index is 1500. The number of esters is 2. The molecule has 8 nitrogen and oxygen atoms in total. The number of fused-ring (bicyclic) bond motifs is 4. The Hall–Kier alpha value is -1.74. The molecular weight excluding hydrogens is 717 g/mol. The summed E-state index contributed by atoms with van der Waals surface area (Å²) in [4.78, 5) is 27.5. The summed E-state index contributed by atoms with van der Waals surface area (Å²) in [5.74, 6) is 3.11. The molecule has 0 saturated heterocycles. The molecule has 6 aliphatic rings. The SMILES string of the molecule is CC(COCC(O)COC(=O)C1(C)CCCC2(C)C3=C(CCC12)CC(C(C)C)CC3)OCC(O)COC(=O)C1(C)CCCC2(C)C3=C(CCC12)CC(C(C)C)CC3. The van der Waals surface area contributed by atoms with Crippen molar-refractivity contribution in [3.05, 3.63) is 22.3 Å². The van der Waals surface area contributed by atoms with Crippen LogP contribution in [0.4, 0.5) is 0 Å². The van der Waals surface area contributed by atoms with Crippen molar-refractivity contribution in [3.63, 3.8) is 0 Å². The van der Waals surface area contributed by atoms with Gasteiger partial charge < -0.3 is 29.2 Å². The number of hydrogen-bond donors (Lipinski definition) is 2. The smallest absolute Gasteiger partial charge is 0.312 e. The predicted molar refractivity (Wildman–Crippen MR) is 224 cm³/mol. The van der Waals surface area contributed by atoms with E-state index in [0.717, 1.165) is 76.0 Å². The normalized spacial score (nSPS) is 37.1. The molecule has 0 heterocycles. The largest absolute Gasteiger partial charge is 0.462 e. The highest BCUT2D eigenvalue weighted by Gasteiger charge is 2.58. The monoisotopic (exact) mass is 797 g/mol. The molecular formula is C49H80O8. The van der Waals surface area contributed by atoms with Crippen molar-refractivity contribution in [2.24, 2.45) is 57.2 Å². The molecule has 0 bridgehead atoms. The molecule has 0 spiro atoms. The van der Waals surface area contributed by atoms with Crippen LogP contribution in [-0.2, 0) is 28.5 Å². The van der Waals surface area contributed by atoms with Crippen LogP contribution in [0.25, 0.3) is 0 Å². The van der Waals surface area contributed by atoms with Crippen LogP contribution in [0.1, 0.15) is 165 Å². The summed E-state index contributed by atoms with van der Waals surface area (Å²) in [5, 5.41) is 21.4. The third-order valence-electron chi connectivity index (χ3n) is 17.0. The van der Waals surface area contributed by atoms with Crippen LogP contribution < -0.4 is 0 Å². The molecule has 0 radical (unpaired) electrons. The van der Waals surface area contributed by atoms with Crippen LogP contribution >= 0.6 is 0 Å². The minimum atomic E-state index is -0.947. The summed E-state index contributed by atoms with van der Waals surface area (Å²) in [6.07, 6.45) is 15.3. The molecule has 2 fully saturated rings. The van der Waals surface area contributed by atoms with Gasteiger partial charge in [0.05, 0.1) is 36.8 Å². The molecule has 0 aromatic heterocycles. The minimum absolute atomic E-state index is 0.0124. The lowest BCUT2D eigenvalue weighted by Crippen LogP contribution is -2.52. The Labute approximate surface area is 345 Å². The summed E-state index contributed by atoms with van der Waals surface area (Å²) >= 11 is 0. The van der Waals surface area contributed by atoms with Crippen molar-refractivity contribution in [3.8, 4) is 0 Å². The second-order valence-corrected chi connectivity index (χ2v) is 21.4. The number of aliphatic hydroxyl groups excluding tert-OH is 2. The number of carbonyl (C=O) groups excluding carboxylic acids is 2. The zero-order valence-corrected chi connectivity index (χ0v) is 37.4. The van der Waals surface area contributed by atoms with E-state index in [1.807, 2.05) is 6.92 Å². The molecule has 2 saturated carbocycles. The van der Waals surface area contributed by atoms with Crippen molar-refractivity contribution >= 4 is 11.9 Å². The third kappa shape index (κ3) is 9.15. The second kappa shape index (κ2) is 18.1. The molecule has 6 rings (SSSR count). The van der Waals surface area contributed by atoms with Gasteiger partial charge in [-0.25, -0.2) is 0 Å². The molecule has 2 N–H and O–H groups in total. The maximum Gasteiger partial charge on any atom is 0.312 e. The lowest BCUT2D eigenvalue weighted by molar-refractivity contribution is -0.172. The lowest BCUT2D eigenvalue weighted by atomic mass is 9.48. The molecule has 8 heteroatoms. The number of aliphatic hydroxyl groups is 2. The van der Waals surface area contributed by atoms with Gasteiger partial charge in [-0.2, -0.15) is 0 Å². The highest BCUT2D eigenvalue weighted by Crippen LogP contribution is 2.64. The zero-order valence-electron chi connectivity index (χ0n) is 37.4. The molecule has 57 heavy (non-hydrogen) atoms. The van der Waals surface area contributed by atoms with Gasteiger partial charge in [-0.3, -0.25) is 9.59 Å². The number of carbonyl (C=O) groups is 2. The van der Waals surface area contributed by atoms with E-state index in [9.17, 15) is 19.8 Å². The molecule has 0 aliphatic heterocycles. The predicted octanol–water partition coefficient (Wildman–Crippen LogP) is 9.93. The van der Waals surface area contributed by atoms with Crippen molar-refractivity contribution < 1.29 is 38.7 Å². The van der Waals surface area contributed by atoms with E-state index in [2.05, 4.69) is 55.4 Å². The summed E-state index contributed by atoms with van der Waals surface area (Å²) < 4.78 is 23.3. The lowest BCUT2D eigenvalue weighted by Gasteiger charge is -2.56. The van der Waals surface area contributed by atoms with Gasteiger partial charge in [0.25, 0.3) is 0 Å². The van der Waals surface area contributed by atoms with Gasteiger partial charge in [-0.15, -0.1) is 0 Å². The van der Waals surface area contributed by atoms with Crippen molar-refractivity contribution in [1.82, 2.24) is 0 Å².